The van der Waals surface area contributed by atoms with Crippen LogP contribution in [0.5, 0.6) is 5.75 Å². The number of amides is 4. The zero-order valence-electron chi connectivity index (χ0n) is 18.0. The second-order valence-electron chi connectivity index (χ2n) is 7.84. The monoisotopic (exact) mass is 507 g/mol. The summed E-state index contributed by atoms with van der Waals surface area (Å²) in [5.74, 6) is -0.643. The predicted molar refractivity (Wildman–Crippen MR) is 127 cm³/mol. The Bertz CT molecular complexity index is 1180. The zero-order chi connectivity index (χ0) is 23.4. The van der Waals surface area contributed by atoms with E-state index in [2.05, 4.69) is 26.2 Å². The van der Waals surface area contributed by atoms with Gasteiger partial charge in [-0.2, -0.15) is 0 Å². The van der Waals surface area contributed by atoms with Gasteiger partial charge in [0.05, 0.1) is 12.8 Å². The highest BCUT2D eigenvalue weighted by molar-refractivity contribution is 9.10. The number of ether oxygens (including phenoxy) is 1. The molecular weight excluding hydrogens is 486 g/mol. The van der Waals surface area contributed by atoms with E-state index in [9.17, 15) is 14.4 Å². The van der Waals surface area contributed by atoms with E-state index in [1.54, 1.807) is 36.7 Å². The number of imide groups is 2. The highest BCUT2D eigenvalue weighted by atomic mass is 79.9. The van der Waals surface area contributed by atoms with Gasteiger partial charge in [0.1, 0.15) is 11.2 Å². The second-order valence-corrected chi connectivity index (χ2v) is 8.76. The smallest absolute Gasteiger partial charge is 0.335 e. The Morgan fingerprint density at radius 3 is 2.42 bits per heavy atom. The standard InChI is InChI=1S/C25H22BrN3O4/c1-33-21-4-2-3-20(15-21)29-23(31)25(22(30)28-24(29)32,12-9-17-10-13-27-14-11-17)16-18-5-7-19(26)8-6-18/h2-8,10-11,13-15H,9,12,16H2,1H3,(H,28,30,32)/t25-/m1/s1. The number of barbiturate groups is 1. The Balaban J connectivity index is 1.76. The number of pyridine rings is 1. The van der Waals surface area contributed by atoms with Crippen molar-refractivity contribution in [1.82, 2.24) is 10.3 Å². The van der Waals surface area contributed by atoms with Crippen molar-refractivity contribution in [2.24, 2.45) is 5.41 Å². The summed E-state index contributed by atoms with van der Waals surface area (Å²) >= 11 is 3.41. The van der Waals surface area contributed by atoms with Crippen molar-refractivity contribution in [2.75, 3.05) is 12.0 Å². The van der Waals surface area contributed by atoms with Crippen LogP contribution < -0.4 is 15.0 Å². The molecule has 4 rings (SSSR count). The number of benzene rings is 2. The van der Waals surface area contributed by atoms with Crippen molar-refractivity contribution in [3.63, 3.8) is 0 Å². The molecule has 3 aromatic rings. The molecule has 1 saturated heterocycles. The summed E-state index contributed by atoms with van der Waals surface area (Å²) < 4.78 is 6.15. The first-order chi connectivity index (χ1) is 15.9. The SMILES string of the molecule is COc1cccc(N2C(=O)NC(=O)[C@@](CCc3ccncc3)(Cc3ccc(Br)cc3)C2=O)c1. The maximum Gasteiger partial charge on any atom is 0.335 e. The Morgan fingerprint density at radius 1 is 1.00 bits per heavy atom. The van der Waals surface area contributed by atoms with Gasteiger partial charge >= 0.3 is 6.03 Å². The molecule has 1 atom stereocenters. The quantitative estimate of drug-likeness (QED) is 0.481. The summed E-state index contributed by atoms with van der Waals surface area (Å²) in [6, 6.07) is 17.0. The van der Waals surface area contributed by atoms with E-state index < -0.39 is 23.3 Å². The average molecular weight is 508 g/mol. The zero-order valence-corrected chi connectivity index (χ0v) is 19.5. The number of urea groups is 1. The largest absolute Gasteiger partial charge is 0.497 e. The summed E-state index contributed by atoms with van der Waals surface area (Å²) in [6.07, 6.45) is 4.20. The minimum atomic E-state index is -1.46. The van der Waals surface area contributed by atoms with E-state index in [1.807, 2.05) is 36.4 Å². The molecule has 4 amide bonds. The fourth-order valence-corrected chi connectivity index (χ4v) is 4.25. The summed E-state index contributed by atoms with van der Waals surface area (Å²) in [5.41, 5.74) is 0.643. The molecule has 1 N–H and O–H groups in total. The lowest BCUT2D eigenvalue weighted by Gasteiger charge is -2.39. The molecule has 0 aliphatic carbocycles. The van der Waals surface area contributed by atoms with Gasteiger partial charge < -0.3 is 4.74 Å². The summed E-state index contributed by atoms with van der Waals surface area (Å²) in [7, 11) is 1.51. The van der Waals surface area contributed by atoms with Gasteiger partial charge in [-0.15, -0.1) is 0 Å². The molecule has 2 heterocycles. The summed E-state index contributed by atoms with van der Waals surface area (Å²) in [5, 5.41) is 2.42. The number of carbonyl (C=O) groups excluding carboxylic acids is 3. The normalized spacial score (nSPS) is 18.2. The number of aromatic nitrogens is 1. The molecule has 0 unspecified atom stereocenters. The number of carbonyl (C=O) groups is 3. The molecule has 168 valence electrons. The number of nitrogens with one attached hydrogen (secondary N) is 1. The van der Waals surface area contributed by atoms with Crippen LogP contribution in [0, 0.1) is 5.41 Å². The van der Waals surface area contributed by atoms with Crippen LogP contribution in [-0.2, 0) is 22.4 Å². The van der Waals surface area contributed by atoms with E-state index in [1.165, 1.54) is 7.11 Å². The van der Waals surface area contributed by atoms with Crippen LogP contribution >= 0.6 is 15.9 Å². The minimum Gasteiger partial charge on any atom is -0.497 e. The number of aryl methyl sites for hydroxylation is 1. The van der Waals surface area contributed by atoms with Crippen LogP contribution in [-0.4, -0.2) is 29.9 Å². The number of halogens is 1. The third-order valence-corrected chi connectivity index (χ3v) is 6.32. The van der Waals surface area contributed by atoms with Crippen molar-refractivity contribution < 1.29 is 19.1 Å². The van der Waals surface area contributed by atoms with Gasteiger partial charge in [0, 0.05) is 22.9 Å². The van der Waals surface area contributed by atoms with E-state index in [0.717, 1.165) is 20.5 Å². The maximum atomic E-state index is 13.9. The van der Waals surface area contributed by atoms with E-state index in [0.29, 0.717) is 17.9 Å². The van der Waals surface area contributed by atoms with Crippen molar-refractivity contribution in [2.45, 2.75) is 19.3 Å². The number of anilines is 1. The first kappa shape index (κ1) is 22.7. The van der Waals surface area contributed by atoms with Gasteiger partial charge in [-0.3, -0.25) is 19.9 Å². The highest BCUT2D eigenvalue weighted by Gasteiger charge is 2.54. The topological polar surface area (TPSA) is 88.6 Å². The van der Waals surface area contributed by atoms with E-state index >= 15 is 0 Å². The Hall–Kier alpha value is -3.52. The first-order valence-electron chi connectivity index (χ1n) is 10.4. The Labute approximate surface area is 199 Å². The van der Waals surface area contributed by atoms with Gasteiger partial charge in [0.15, 0.2) is 0 Å². The lowest BCUT2D eigenvalue weighted by molar-refractivity contribution is -0.143. The molecule has 0 radical (unpaired) electrons. The third-order valence-electron chi connectivity index (χ3n) is 5.79. The van der Waals surface area contributed by atoms with Gasteiger partial charge in [-0.05, 0) is 66.8 Å². The van der Waals surface area contributed by atoms with Crippen molar-refractivity contribution >= 4 is 39.5 Å². The van der Waals surface area contributed by atoms with Crippen molar-refractivity contribution in [3.8, 4) is 5.75 Å². The van der Waals surface area contributed by atoms with Crippen LogP contribution in [0.3, 0.4) is 0 Å². The molecule has 1 aromatic heterocycles. The molecule has 1 aliphatic heterocycles. The number of nitrogens with zero attached hydrogens (tertiary/aromatic N) is 2. The molecule has 7 nitrogen and oxygen atoms in total. The van der Waals surface area contributed by atoms with Gasteiger partial charge in [-0.1, -0.05) is 34.1 Å². The molecule has 0 spiro atoms. The van der Waals surface area contributed by atoms with Crippen LogP contribution in [0.2, 0.25) is 0 Å². The van der Waals surface area contributed by atoms with Crippen LogP contribution in [0.4, 0.5) is 10.5 Å². The van der Waals surface area contributed by atoms with E-state index in [-0.39, 0.29) is 12.8 Å². The second kappa shape index (κ2) is 9.54. The number of hydrogen-bond acceptors (Lipinski definition) is 5. The molecule has 0 saturated carbocycles. The molecule has 1 aliphatic rings. The van der Waals surface area contributed by atoms with Crippen molar-refractivity contribution in [1.29, 1.82) is 0 Å². The lowest BCUT2D eigenvalue weighted by atomic mass is 9.73. The predicted octanol–water partition coefficient (Wildman–Crippen LogP) is 4.30. The molecule has 1 fully saturated rings. The lowest BCUT2D eigenvalue weighted by Crippen LogP contribution is -2.65. The molecule has 33 heavy (non-hydrogen) atoms. The number of methoxy groups -OCH3 is 1. The molecule has 0 bridgehead atoms. The fraction of sp³-hybridized carbons (Fsp3) is 0.200. The fourth-order valence-electron chi connectivity index (χ4n) is 3.98. The van der Waals surface area contributed by atoms with Crippen LogP contribution in [0.15, 0.2) is 77.5 Å². The Kier molecular flexibility index (Phi) is 6.55. The van der Waals surface area contributed by atoms with Crippen LogP contribution in [0.25, 0.3) is 0 Å². The molecule has 8 heteroatoms. The number of hydrogen-bond donors (Lipinski definition) is 1. The first-order valence-corrected chi connectivity index (χ1v) is 11.2. The van der Waals surface area contributed by atoms with Crippen molar-refractivity contribution in [3.05, 3.63) is 88.7 Å². The summed E-state index contributed by atoms with van der Waals surface area (Å²) in [6.45, 7) is 0. The van der Waals surface area contributed by atoms with Gasteiger partial charge in [0.25, 0.3) is 5.91 Å². The maximum absolute atomic E-state index is 13.9. The van der Waals surface area contributed by atoms with E-state index in [4.69, 9.17) is 4.74 Å². The molecule has 2 aromatic carbocycles. The third kappa shape index (κ3) is 4.66. The highest BCUT2D eigenvalue weighted by Crippen LogP contribution is 2.37. The number of rotatable bonds is 7. The molecular formula is C25H22BrN3O4. The van der Waals surface area contributed by atoms with Crippen LogP contribution in [0.1, 0.15) is 17.5 Å². The van der Waals surface area contributed by atoms with Gasteiger partial charge in [-0.25, -0.2) is 9.69 Å². The summed E-state index contributed by atoms with van der Waals surface area (Å²) in [4.78, 5) is 45.1. The minimum absolute atomic E-state index is 0.157. The Morgan fingerprint density at radius 2 is 1.73 bits per heavy atom. The average Bonchev–Trinajstić information content (AvgIpc) is 2.83. The van der Waals surface area contributed by atoms with Gasteiger partial charge in [0.2, 0.25) is 5.91 Å².